The fourth-order valence-corrected chi connectivity index (χ4v) is 5.08. The Balaban J connectivity index is 2.19. The molecule has 0 radical (unpaired) electrons. The van der Waals surface area contributed by atoms with Crippen molar-refractivity contribution in [2.24, 2.45) is 0 Å². The Morgan fingerprint density at radius 1 is 1.39 bits per heavy atom. The van der Waals surface area contributed by atoms with Crippen LogP contribution in [0.4, 0.5) is 0 Å². The van der Waals surface area contributed by atoms with E-state index in [2.05, 4.69) is 6.92 Å². The molecule has 1 N–H and O–H groups in total. The zero-order chi connectivity index (χ0) is 13.1. The average Bonchev–Trinajstić information content (AvgIpc) is 2.39. The summed E-state index contributed by atoms with van der Waals surface area (Å²) in [5, 5.41) is 11.8. The first-order chi connectivity index (χ1) is 8.63. The van der Waals surface area contributed by atoms with Gasteiger partial charge in [0, 0.05) is 22.0 Å². The first kappa shape index (κ1) is 14.4. The molecule has 1 aliphatic rings. The van der Waals surface area contributed by atoms with Crippen LogP contribution >= 0.6 is 35.1 Å². The van der Waals surface area contributed by atoms with Gasteiger partial charge in [0.2, 0.25) is 0 Å². The van der Waals surface area contributed by atoms with E-state index in [0.29, 0.717) is 16.0 Å². The lowest BCUT2D eigenvalue weighted by atomic mass is 10.0. The van der Waals surface area contributed by atoms with Crippen molar-refractivity contribution in [2.75, 3.05) is 18.6 Å². The average molecular weight is 305 g/mol. The van der Waals surface area contributed by atoms with Gasteiger partial charge in [-0.3, -0.25) is 0 Å². The van der Waals surface area contributed by atoms with E-state index in [1.807, 2.05) is 35.7 Å². The third-order valence-corrected chi connectivity index (χ3v) is 6.56. The summed E-state index contributed by atoms with van der Waals surface area (Å²) in [7, 11) is 1.59. The Hall–Kier alpha value is -0.0300. The fourth-order valence-electron chi connectivity index (χ4n) is 2.05. The van der Waals surface area contributed by atoms with Crippen LogP contribution in [-0.2, 0) is 0 Å². The van der Waals surface area contributed by atoms with Crippen molar-refractivity contribution >= 4 is 35.1 Å². The van der Waals surface area contributed by atoms with E-state index < -0.39 is 6.10 Å². The number of methoxy groups -OCH3 is 1. The van der Waals surface area contributed by atoms with Gasteiger partial charge < -0.3 is 9.84 Å². The van der Waals surface area contributed by atoms with E-state index in [-0.39, 0.29) is 5.25 Å². The van der Waals surface area contributed by atoms with Crippen LogP contribution in [-0.4, -0.2) is 34.2 Å². The lowest BCUT2D eigenvalue weighted by molar-refractivity contribution is 0.174. The maximum atomic E-state index is 10.5. The molecule has 18 heavy (non-hydrogen) atoms. The van der Waals surface area contributed by atoms with Gasteiger partial charge in [-0.1, -0.05) is 24.6 Å². The molecule has 0 bridgehead atoms. The Morgan fingerprint density at radius 2 is 2.11 bits per heavy atom. The van der Waals surface area contributed by atoms with E-state index in [0.717, 1.165) is 11.3 Å². The summed E-state index contributed by atoms with van der Waals surface area (Å²) in [6, 6.07) is 5.49. The number of halogens is 1. The second-order valence-corrected chi connectivity index (χ2v) is 7.43. The summed E-state index contributed by atoms with van der Waals surface area (Å²) in [4.78, 5) is 0. The molecular formula is C13H17ClO2S2. The number of aliphatic hydroxyl groups is 1. The minimum absolute atomic E-state index is 0.231. The first-order valence-electron chi connectivity index (χ1n) is 5.88. The Kier molecular flexibility index (Phi) is 5.13. The quantitative estimate of drug-likeness (QED) is 0.923. The first-order valence-corrected chi connectivity index (χ1v) is 8.35. The normalized spacial score (nSPS) is 25.8. The molecule has 2 rings (SSSR count). The van der Waals surface area contributed by atoms with E-state index in [4.69, 9.17) is 16.3 Å². The summed E-state index contributed by atoms with van der Waals surface area (Å²) in [5.41, 5.74) is 0.878. The number of hydrogen-bond donors (Lipinski definition) is 1. The molecule has 0 spiro atoms. The second-order valence-electron chi connectivity index (χ2n) is 4.25. The molecule has 0 aliphatic carbocycles. The van der Waals surface area contributed by atoms with Gasteiger partial charge in [-0.15, -0.1) is 0 Å². The summed E-state index contributed by atoms with van der Waals surface area (Å²) >= 11 is 9.77. The molecule has 1 heterocycles. The van der Waals surface area contributed by atoms with Crippen LogP contribution in [0.3, 0.4) is 0 Å². The zero-order valence-corrected chi connectivity index (χ0v) is 12.8. The largest absolute Gasteiger partial charge is 0.495 e. The highest BCUT2D eigenvalue weighted by molar-refractivity contribution is 8.07. The molecule has 3 atom stereocenters. The van der Waals surface area contributed by atoms with Crippen molar-refractivity contribution in [3.8, 4) is 5.75 Å². The topological polar surface area (TPSA) is 29.5 Å². The minimum Gasteiger partial charge on any atom is -0.495 e. The number of rotatable bonds is 3. The van der Waals surface area contributed by atoms with Gasteiger partial charge in [0.05, 0.1) is 18.2 Å². The summed E-state index contributed by atoms with van der Waals surface area (Å²) < 4.78 is 5.19. The number of hydrogen-bond acceptors (Lipinski definition) is 4. The summed E-state index contributed by atoms with van der Waals surface area (Å²) in [6.07, 6.45) is -0.469. The third-order valence-electron chi connectivity index (χ3n) is 3.06. The zero-order valence-electron chi connectivity index (χ0n) is 10.4. The molecule has 0 amide bonds. The van der Waals surface area contributed by atoms with Crippen molar-refractivity contribution in [1.82, 2.24) is 0 Å². The van der Waals surface area contributed by atoms with Crippen LogP contribution < -0.4 is 4.74 Å². The molecule has 3 unspecified atom stereocenters. The molecule has 1 aliphatic heterocycles. The Labute approximate surface area is 121 Å². The molecule has 0 saturated carbocycles. The molecule has 1 aromatic rings. The molecule has 0 aromatic heterocycles. The summed E-state index contributed by atoms with van der Waals surface area (Å²) in [6.45, 7) is 2.18. The smallest absolute Gasteiger partial charge is 0.137 e. The van der Waals surface area contributed by atoms with Crippen LogP contribution in [0.2, 0.25) is 5.02 Å². The second kappa shape index (κ2) is 6.42. The van der Waals surface area contributed by atoms with Crippen molar-refractivity contribution < 1.29 is 9.84 Å². The standard InChI is InChI=1S/C13H17ClO2S2/c1-8-13(18-6-5-17-8)12(15)9-3-4-10(14)11(7-9)16-2/h3-4,7-8,12-13,15H,5-6H2,1-2H3. The van der Waals surface area contributed by atoms with E-state index in [9.17, 15) is 5.11 Å². The predicted molar refractivity (Wildman–Crippen MR) is 81.1 cm³/mol. The highest BCUT2D eigenvalue weighted by atomic mass is 35.5. The van der Waals surface area contributed by atoms with Crippen LogP contribution in [0.1, 0.15) is 18.6 Å². The molecule has 100 valence electrons. The molecule has 1 fully saturated rings. The fraction of sp³-hybridized carbons (Fsp3) is 0.538. The Bertz CT molecular complexity index is 414. The Morgan fingerprint density at radius 3 is 2.78 bits per heavy atom. The van der Waals surface area contributed by atoms with Gasteiger partial charge in [0.1, 0.15) is 5.75 Å². The van der Waals surface area contributed by atoms with Crippen molar-refractivity contribution in [3.05, 3.63) is 28.8 Å². The van der Waals surface area contributed by atoms with Crippen molar-refractivity contribution in [2.45, 2.75) is 23.5 Å². The van der Waals surface area contributed by atoms with Crippen LogP contribution in [0.5, 0.6) is 5.75 Å². The molecular weight excluding hydrogens is 288 g/mol. The number of ether oxygens (including phenoxy) is 1. The lowest BCUT2D eigenvalue weighted by Crippen LogP contribution is -2.29. The van der Waals surface area contributed by atoms with Crippen molar-refractivity contribution in [3.63, 3.8) is 0 Å². The van der Waals surface area contributed by atoms with E-state index in [1.165, 1.54) is 5.75 Å². The predicted octanol–water partition coefficient (Wildman–Crippen LogP) is 3.62. The van der Waals surface area contributed by atoms with Gasteiger partial charge in [0.15, 0.2) is 0 Å². The number of thioether (sulfide) groups is 2. The van der Waals surface area contributed by atoms with Crippen LogP contribution in [0.25, 0.3) is 0 Å². The maximum absolute atomic E-state index is 10.5. The molecule has 1 aromatic carbocycles. The minimum atomic E-state index is -0.469. The summed E-state index contributed by atoms with van der Waals surface area (Å²) in [5.74, 6) is 2.88. The molecule has 5 heteroatoms. The monoisotopic (exact) mass is 304 g/mol. The van der Waals surface area contributed by atoms with Gasteiger partial charge in [-0.2, -0.15) is 23.5 Å². The van der Waals surface area contributed by atoms with Crippen LogP contribution in [0, 0.1) is 0 Å². The van der Waals surface area contributed by atoms with Crippen LogP contribution in [0.15, 0.2) is 18.2 Å². The maximum Gasteiger partial charge on any atom is 0.137 e. The van der Waals surface area contributed by atoms with Gasteiger partial charge >= 0.3 is 0 Å². The highest BCUT2D eigenvalue weighted by Gasteiger charge is 2.30. The van der Waals surface area contributed by atoms with Gasteiger partial charge in [0.25, 0.3) is 0 Å². The number of aliphatic hydroxyl groups excluding tert-OH is 1. The van der Waals surface area contributed by atoms with Crippen molar-refractivity contribution in [1.29, 1.82) is 0 Å². The third kappa shape index (κ3) is 3.10. The molecule has 2 nitrogen and oxygen atoms in total. The number of benzene rings is 1. The SMILES string of the molecule is COc1cc(C(O)C2SCCSC2C)ccc1Cl. The van der Waals surface area contributed by atoms with E-state index in [1.54, 1.807) is 13.2 Å². The van der Waals surface area contributed by atoms with E-state index >= 15 is 0 Å². The highest BCUT2D eigenvalue weighted by Crippen LogP contribution is 2.39. The lowest BCUT2D eigenvalue weighted by Gasteiger charge is -2.32. The van der Waals surface area contributed by atoms with Gasteiger partial charge in [-0.25, -0.2) is 0 Å². The van der Waals surface area contributed by atoms with Gasteiger partial charge in [-0.05, 0) is 17.7 Å². The molecule has 1 saturated heterocycles.